The second-order valence-corrected chi connectivity index (χ2v) is 12.9. The Balaban J connectivity index is 1.10. The van der Waals surface area contributed by atoms with Gasteiger partial charge in [0.15, 0.2) is 11.2 Å². The molecule has 0 amide bonds. The van der Waals surface area contributed by atoms with Crippen molar-refractivity contribution in [1.29, 1.82) is 0 Å². The highest BCUT2D eigenvalue weighted by Gasteiger charge is 2.59. The van der Waals surface area contributed by atoms with Gasteiger partial charge in [-0.2, -0.15) is 8.42 Å². The number of hydrogen-bond donors (Lipinski definition) is 1. The lowest BCUT2D eigenvalue weighted by Gasteiger charge is -2.53. The van der Waals surface area contributed by atoms with Gasteiger partial charge in [0.05, 0.1) is 10.3 Å². The SMILES string of the molecule is O=C1Oc2c(OC(=O)C34CC5CC(C3)C(=O)[C@H](C5)C4)c3oc2c1c3C(=O)Oc1ccc2cc(S(=O)(=O)O)ccc2c1. The maximum Gasteiger partial charge on any atom is 0.348 e. The second-order valence-electron chi connectivity index (χ2n) is 11.5. The van der Waals surface area contributed by atoms with Gasteiger partial charge in [0.2, 0.25) is 11.5 Å². The summed E-state index contributed by atoms with van der Waals surface area (Å²) in [7, 11) is -4.39. The number of rotatable bonds is 5. The van der Waals surface area contributed by atoms with Crippen LogP contribution in [0.25, 0.3) is 21.9 Å². The standard InChI is InChI=1S/C29H20O11S/c30-21-15-5-12-6-16(21)11-29(9-12,10-15)28(33)40-25-23-19(20-22(38-23)24(25)39-27(20)32)26(31)37-17-3-1-14-8-18(41(34,35)36)4-2-13(14)7-17/h1-4,7-8,12,15-16H,5-6,9-11H2,(H,34,35,36)/t12?,15-,16?,29?/m1/s1. The Morgan fingerprint density at radius 1 is 0.927 bits per heavy atom. The number of benzene rings is 3. The van der Waals surface area contributed by atoms with Gasteiger partial charge in [0.25, 0.3) is 10.1 Å². The third kappa shape index (κ3) is 3.43. The normalized spacial score (nSPS) is 26.2. The summed E-state index contributed by atoms with van der Waals surface area (Å²) in [4.78, 5) is 51.9. The van der Waals surface area contributed by atoms with E-state index < -0.39 is 33.4 Å². The van der Waals surface area contributed by atoms with Crippen LogP contribution < -0.4 is 14.2 Å². The lowest BCUT2D eigenvalue weighted by atomic mass is 9.49. The summed E-state index contributed by atoms with van der Waals surface area (Å²) in [6, 6.07) is 8.36. The van der Waals surface area contributed by atoms with E-state index in [1.807, 2.05) is 0 Å². The van der Waals surface area contributed by atoms with Crippen LogP contribution in [0.1, 0.15) is 52.8 Å². The van der Waals surface area contributed by atoms with Gasteiger partial charge >= 0.3 is 17.9 Å². The van der Waals surface area contributed by atoms with E-state index >= 15 is 0 Å². The Labute approximate surface area is 231 Å². The van der Waals surface area contributed by atoms with Crippen LogP contribution in [-0.2, 0) is 19.7 Å². The average molecular weight is 577 g/mol. The fraction of sp³-hybridized carbons (Fsp3) is 0.310. The summed E-state index contributed by atoms with van der Waals surface area (Å²) in [5.41, 5.74) is -1.28. The average Bonchev–Trinajstić information content (AvgIpc) is 3.54. The third-order valence-electron chi connectivity index (χ3n) is 9.04. The van der Waals surface area contributed by atoms with Crippen molar-refractivity contribution < 1.29 is 50.8 Å². The van der Waals surface area contributed by atoms with Gasteiger partial charge < -0.3 is 18.6 Å². The van der Waals surface area contributed by atoms with Crippen LogP contribution in [-0.4, -0.2) is 36.7 Å². The lowest BCUT2D eigenvalue weighted by Crippen LogP contribution is -2.55. The Bertz CT molecular complexity index is 1970. The Kier molecular flexibility index (Phi) is 4.73. The van der Waals surface area contributed by atoms with Crippen molar-refractivity contribution in [2.45, 2.75) is 37.0 Å². The topological polar surface area (TPSA) is 163 Å². The van der Waals surface area contributed by atoms with Crippen molar-refractivity contribution in [2.24, 2.45) is 23.2 Å². The van der Waals surface area contributed by atoms with Crippen LogP contribution in [0.5, 0.6) is 17.2 Å². The maximum atomic E-state index is 13.6. The van der Waals surface area contributed by atoms with Crippen molar-refractivity contribution in [3.05, 3.63) is 47.5 Å². The highest BCUT2D eigenvalue weighted by molar-refractivity contribution is 7.85. The quantitative estimate of drug-likeness (QED) is 0.204. The summed E-state index contributed by atoms with van der Waals surface area (Å²) in [5, 5.41) is 1.00. The van der Waals surface area contributed by atoms with E-state index in [-0.39, 0.29) is 68.0 Å². The number of hydrogen-bond acceptors (Lipinski definition) is 10. The molecule has 41 heavy (non-hydrogen) atoms. The molecule has 1 N–H and O–H groups in total. The Hall–Kier alpha value is -4.29. The summed E-state index contributed by atoms with van der Waals surface area (Å²) in [6.45, 7) is 0. The number of ketones is 1. The van der Waals surface area contributed by atoms with Gasteiger partial charge in [0.1, 0.15) is 22.7 Å². The molecule has 0 radical (unpaired) electrons. The van der Waals surface area contributed by atoms with Gasteiger partial charge in [-0.1, -0.05) is 12.1 Å². The van der Waals surface area contributed by atoms with Gasteiger partial charge in [-0.05, 0) is 73.1 Å². The molecule has 11 nitrogen and oxygen atoms in total. The van der Waals surface area contributed by atoms with Crippen molar-refractivity contribution >= 4 is 55.7 Å². The van der Waals surface area contributed by atoms with Crippen LogP contribution in [0.2, 0.25) is 0 Å². The van der Waals surface area contributed by atoms with Gasteiger partial charge in [-0.3, -0.25) is 14.1 Å². The summed E-state index contributed by atoms with van der Waals surface area (Å²) in [5.74, 6) is -2.17. The van der Waals surface area contributed by atoms with Crippen molar-refractivity contribution in [1.82, 2.24) is 0 Å². The molecule has 9 rings (SSSR count). The van der Waals surface area contributed by atoms with Gasteiger partial charge in [0, 0.05) is 11.8 Å². The highest BCUT2D eigenvalue weighted by atomic mass is 32.2. The molecule has 5 aliphatic rings. The molecule has 3 unspecified atom stereocenters. The minimum absolute atomic E-state index is 0.00306. The number of Topliss-reactive ketones (excluding diaryl/α,β-unsaturated/α-hetero) is 1. The highest BCUT2D eigenvalue weighted by Crippen LogP contribution is 2.60. The van der Waals surface area contributed by atoms with Crippen LogP contribution in [0.15, 0.2) is 45.7 Å². The second kappa shape index (κ2) is 7.92. The number of esters is 3. The smallest absolute Gasteiger partial charge is 0.348 e. The maximum absolute atomic E-state index is 13.6. The summed E-state index contributed by atoms with van der Waals surface area (Å²) in [6.07, 6.45) is 3.08. The lowest BCUT2D eigenvalue weighted by molar-refractivity contribution is -0.167. The molecule has 208 valence electrons. The first-order chi connectivity index (χ1) is 19.5. The summed E-state index contributed by atoms with van der Waals surface area (Å²) < 4.78 is 54.5. The van der Waals surface area contributed by atoms with Crippen LogP contribution >= 0.6 is 0 Å². The zero-order chi connectivity index (χ0) is 28.4. The largest absolute Gasteiger partial charge is 0.447 e. The third-order valence-corrected chi connectivity index (χ3v) is 9.89. The van der Waals surface area contributed by atoms with Crippen molar-refractivity contribution in [3.63, 3.8) is 0 Å². The van der Waals surface area contributed by atoms with Crippen LogP contribution in [0.3, 0.4) is 0 Å². The van der Waals surface area contributed by atoms with Crippen LogP contribution in [0, 0.1) is 23.2 Å². The molecule has 4 aromatic rings. The fourth-order valence-corrected chi connectivity index (χ4v) is 7.97. The zero-order valence-corrected chi connectivity index (χ0v) is 22.0. The zero-order valence-electron chi connectivity index (χ0n) is 21.2. The summed E-state index contributed by atoms with van der Waals surface area (Å²) >= 11 is 0. The number of ether oxygens (including phenoxy) is 3. The molecule has 0 saturated heterocycles. The molecule has 4 aliphatic carbocycles. The van der Waals surface area contributed by atoms with Gasteiger partial charge in [-0.25, -0.2) is 9.59 Å². The monoisotopic (exact) mass is 576 g/mol. The Morgan fingerprint density at radius 2 is 1.63 bits per heavy atom. The molecule has 1 aliphatic heterocycles. The van der Waals surface area contributed by atoms with E-state index in [1.165, 1.54) is 36.4 Å². The van der Waals surface area contributed by atoms with E-state index in [2.05, 4.69) is 0 Å². The molecule has 4 fully saturated rings. The fourth-order valence-electron chi connectivity index (χ4n) is 7.46. The molecule has 12 heteroatoms. The predicted octanol–water partition coefficient (Wildman–Crippen LogP) is 4.32. The van der Waals surface area contributed by atoms with Crippen molar-refractivity contribution in [2.75, 3.05) is 0 Å². The van der Waals surface area contributed by atoms with E-state index in [9.17, 15) is 32.1 Å². The molecule has 2 aromatic carbocycles. The molecule has 0 spiro atoms. The number of furan rings is 2. The number of carbonyl (C=O) groups is 4. The number of carbonyl (C=O) groups excluding carboxylic acids is 4. The molecular formula is C29H20O11S. The molecule has 6 bridgehead atoms. The van der Waals surface area contributed by atoms with Gasteiger partial charge in [-0.15, -0.1) is 0 Å². The van der Waals surface area contributed by atoms with Crippen molar-refractivity contribution in [3.8, 4) is 17.2 Å². The first-order valence-corrected chi connectivity index (χ1v) is 14.6. The number of fused-ring (bicyclic) bond motifs is 2. The Morgan fingerprint density at radius 3 is 2.37 bits per heavy atom. The van der Waals surface area contributed by atoms with E-state index in [4.69, 9.17) is 18.6 Å². The van der Waals surface area contributed by atoms with Crippen LogP contribution in [0.4, 0.5) is 0 Å². The minimum atomic E-state index is -4.39. The molecule has 4 saturated carbocycles. The van der Waals surface area contributed by atoms with E-state index in [0.29, 0.717) is 30.0 Å². The van der Waals surface area contributed by atoms with E-state index in [1.54, 1.807) is 0 Å². The predicted molar refractivity (Wildman–Crippen MR) is 138 cm³/mol. The first-order valence-electron chi connectivity index (χ1n) is 13.1. The minimum Gasteiger partial charge on any atom is -0.447 e. The van der Waals surface area contributed by atoms with E-state index in [0.717, 1.165) is 12.8 Å². The molecule has 2 aromatic heterocycles. The molecule has 4 atom stereocenters. The molecular weight excluding hydrogens is 556 g/mol. The first kappa shape index (κ1) is 24.5. The molecule has 3 heterocycles.